The monoisotopic (exact) mass is 361 g/mol. The summed E-state index contributed by atoms with van der Waals surface area (Å²) < 4.78 is 1.88. The van der Waals surface area contributed by atoms with Gasteiger partial charge in [-0.3, -0.25) is 9.78 Å². The number of carbonyl (C=O) groups excluding carboxylic acids is 1. The number of nitrogens with one attached hydrogen (secondary N) is 1. The van der Waals surface area contributed by atoms with Crippen LogP contribution in [0.5, 0.6) is 0 Å². The summed E-state index contributed by atoms with van der Waals surface area (Å²) in [5.41, 5.74) is 8.10. The number of fused-ring (bicyclic) bond motifs is 1. The Kier molecular flexibility index (Phi) is 3.65. The molecule has 2 aromatic heterocycles. The summed E-state index contributed by atoms with van der Waals surface area (Å²) in [4.78, 5) is 17.1. The molecular formula is C15H12BrN3OS. The average molecular weight is 362 g/mol. The molecule has 3 aromatic rings. The number of nitrogens with two attached hydrogens (primary N) is 1. The molecule has 6 heteroatoms. The van der Waals surface area contributed by atoms with E-state index in [0.29, 0.717) is 16.3 Å². The molecule has 0 unspecified atom stereocenters. The predicted octanol–water partition coefficient (Wildman–Crippen LogP) is 4.20. The molecule has 3 N–H and O–H groups in total. The number of carbonyl (C=O) groups is 1. The zero-order valence-corrected chi connectivity index (χ0v) is 13.6. The van der Waals surface area contributed by atoms with Crippen molar-refractivity contribution in [1.82, 2.24) is 4.98 Å². The van der Waals surface area contributed by atoms with Crippen LogP contribution in [0.4, 0.5) is 11.4 Å². The second-order valence-electron chi connectivity index (χ2n) is 4.55. The quantitative estimate of drug-likeness (QED) is 0.718. The van der Waals surface area contributed by atoms with Crippen molar-refractivity contribution in [3.05, 3.63) is 51.6 Å². The number of anilines is 2. The molecule has 0 spiro atoms. The second-order valence-corrected chi connectivity index (χ2v) is 6.45. The van der Waals surface area contributed by atoms with Gasteiger partial charge in [-0.05, 0) is 31.2 Å². The fourth-order valence-corrected chi connectivity index (χ4v) is 3.85. The van der Waals surface area contributed by atoms with Crippen molar-refractivity contribution in [2.45, 2.75) is 6.92 Å². The third-order valence-electron chi connectivity index (χ3n) is 3.16. The molecule has 106 valence electrons. The smallest absolute Gasteiger partial charge is 0.267 e. The van der Waals surface area contributed by atoms with E-state index in [1.165, 1.54) is 11.3 Å². The second kappa shape index (κ2) is 5.46. The van der Waals surface area contributed by atoms with Crippen molar-refractivity contribution in [3.8, 4) is 0 Å². The third-order valence-corrected chi connectivity index (χ3v) is 4.99. The normalized spacial score (nSPS) is 10.8. The number of rotatable bonds is 2. The van der Waals surface area contributed by atoms with Crippen molar-refractivity contribution in [2.24, 2.45) is 0 Å². The molecule has 21 heavy (non-hydrogen) atoms. The van der Waals surface area contributed by atoms with Crippen LogP contribution in [0.25, 0.3) is 10.1 Å². The number of amides is 1. The van der Waals surface area contributed by atoms with Crippen LogP contribution in [0.15, 0.2) is 41.0 Å². The maximum Gasteiger partial charge on any atom is 0.267 e. The first-order chi connectivity index (χ1) is 10.1. The zero-order chi connectivity index (χ0) is 15.0. The maximum atomic E-state index is 12.4. The molecule has 4 nitrogen and oxygen atoms in total. The third kappa shape index (κ3) is 2.52. The Morgan fingerprint density at radius 2 is 2.14 bits per heavy atom. The average Bonchev–Trinajstić information content (AvgIpc) is 2.80. The summed E-state index contributed by atoms with van der Waals surface area (Å²) in [7, 11) is 0. The Morgan fingerprint density at radius 1 is 1.33 bits per heavy atom. The highest BCUT2D eigenvalue weighted by Gasteiger charge is 2.18. The maximum absolute atomic E-state index is 12.4. The molecule has 0 saturated heterocycles. The van der Waals surface area contributed by atoms with Gasteiger partial charge in [-0.1, -0.05) is 22.0 Å². The molecule has 3 rings (SSSR count). The first-order valence-electron chi connectivity index (χ1n) is 6.27. The van der Waals surface area contributed by atoms with Crippen LogP contribution < -0.4 is 11.1 Å². The number of nitrogens with zero attached hydrogens (tertiary/aromatic N) is 1. The van der Waals surface area contributed by atoms with Crippen LogP contribution in [0.1, 0.15) is 15.4 Å². The largest absolute Gasteiger partial charge is 0.397 e. The molecule has 1 aromatic carbocycles. The SMILES string of the molecule is Cc1ncccc1NC(=O)c1sc2cccc(Br)c2c1N. The first-order valence-corrected chi connectivity index (χ1v) is 7.88. The van der Waals surface area contributed by atoms with Gasteiger partial charge in [0.1, 0.15) is 4.88 Å². The molecule has 0 saturated carbocycles. The number of halogens is 1. The number of thiophene rings is 1. The van der Waals surface area contributed by atoms with Gasteiger partial charge < -0.3 is 11.1 Å². The molecule has 0 aliphatic rings. The Bertz CT molecular complexity index is 844. The van der Waals surface area contributed by atoms with Gasteiger partial charge in [0.05, 0.1) is 17.1 Å². The number of aryl methyl sites for hydroxylation is 1. The fourth-order valence-electron chi connectivity index (χ4n) is 2.09. The summed E-state index contributed by atoms with van der Waals surface area (Å²) in [6, 6.07) is 9.40. The van der Waals surface area contributed by atoms with E-state index in [9.17, 15) is 4.79 Å². The first kappa shape index (κ1) is 14.0. The van der Waals surface area contributed by atoms with E-state index in [1.807, 2.05) is 31.2 Å². The molecule has 0 aliphatic heterocycles. The van der Waals surface area contributed by atoms with Gasteiger partial charge in [0.15, 0.2) is 0 Å². The summed E-state index contributed by atoms with van der Waals surface area (Å²) in [5.74, 6) is -0.211. The van der Waals surface area contributed by atoms with E-state index in [4.69, 9.17) is 5.73 Å². The fraction of sp³-hybridized carbons (Fsp3) is 0.0667. The van der Waals surface area contributed by atoms with Gasteiger partial charge in [-0.25, -0.2) is 0 Å². The van der Waals surface area contributed by atoms with Gasteiger partial charge in [0.25, 0.3) is 5.91 Å². The minimum Gasteiger partial charge on any atom is -0.397 e. The molecule has 1 amide bonds. The van der Waals surface area contributed by atoms with Crippen LogP contribution in [0, 0.1) is 6.92 Å². The van der Waals surface area contributed by atoms with Crippen LogP contribution in [-0.2, 0) is 0 Å². The summed E-state index contributed by atoms with van der Waals surface area (Å²) >= 11 is 4.86. The lowest BCUT2D eigenvalue weighted by Gasteiger charge is -2.06. The summed E-state index contributed by atoms with van der Waals surface area (Å²) in [6.45, 7) is 1.85. The lowest BCUT2D eigenvalue weighted by molar-refractivity contribution is 0.103. The van der Waals surface area contributed by atoms with Crippen LogP contribution in [-0.4, -0.2) is 10.9 Å². The summed E-state index contributed by atoms with van der Waals surface area (Å²) in [6.07, 6.45) is 1.69. The van der Waals surface area contributed by atoms with Crippen LogP contribution >= 0.6 is 27.3 Å². The van der Waals surface area contributed by atoms with E-state index in [1.54, 1.807) is 12.3 Å². The number of pyridine rings is 1. The van der Waals surface area contributed by atoms with Gasteiger partial charge in [-0.15, -0.1) is 11.3 Å². The van der Waals surface area contributed by atoms with Crippen molar-refractivity contribution in [3.63, 3.8) is 0 Å². The molecule has 0 bridgehead atoms. The number of hydrogen-bond acceptors (Lipinski definition) is 4. The lowest BCUT2D eigenvalue weighted by Crippen LogP contribution is -2.13. The highest BCUT2D eigenvalue weighted by atomic mass is 79.9. The molecule has 0 fully saturated rings. The number of nitrogen functional groups attached to an aromatic ring is 1. The highest BCUT2D eigenvalue weighted by molar-refractivity contribution is 9.10. The number of benzene rings is 1. The molecular weight excluding hydrogens is 350 g/mol. The van der Waals surface area contributed by atoms with Crippen molar-refractivity contribution in [2.75, 3.05) is 11.1 Å². The number of aromatic nitrogens is 1. The minimum absolute atomic E-state index is 0.211. The van der Waals surface area contributed by atoms with Gasteiger partial charge in [0, 0.05) is 20.8 Å². The van der Waals surface area contributed by atoms with E-state index in [2.05, 4.69) is 26.2 Å². The number of hydrogen-bond donors (Lipinski definition) is 2. The van der Waals surface area contributed by atoms with Gasteiger partial charge in [-0.2, -0.15) is 0 Å². The summed E-state index contributed by atoms with van der Waals surface area (Å²) in [5, 5.41) is 3.75. The van der Waals surface area contributed by atoms with Crippen molar-refractivity contribution in [1.29, 1.82) is 0 Å². The van der Waals surface area contributed by atoms with Gasteiger partial charge in [0.2, 0.25) is 0 Å². The van der Waals surface area contributed by atoms with Crippen LogP contribution in [0.3, 0.4) is 0 Å². The highest BCUT2D eigenvalue weighted by Crippen LogP contribution is 2.38. The Hall–Kier alpha value is -1.92. The zero-order valence-electron chi connectivity index (χ0n) is 11.2. The van der Waals surface area contributed by atoms with Crippen molar-refractivity contribution < 1.29 is 4.79 Å². The Balaban J connectivity index is 2.01. The van der Waals surface area contributed by atoms with Crippen LogP contribution in [0.2, 0.25) is 0 Å². The standard InChI is InChI=1S/C15H12BrN3OS/c1-8-10(5-3-7-18-8)19-15(20)14-13(17)12-9(16)4-2-6-11(12)21-14/h2-7H,17H2,1H3,(H,19,20). The Morgan fingerprint density at radius 3 is 2.86 bits per heavy atom. The molecule has 0 aliphatic carbocycles. The van der Waals surface area contributed by atoms with E-state index in [0.717, 1.165) is 20.3 Å². The van der Waals surface area contributed by atoms with Gasteiger partial charge >= 0.3 is 0 Å². The molecule has 0 atom stereocenters. The predicted molar refractivity (Wildman–Crippen MR) is 90.9 cm³/mol. The lowest BCUT2D eigenvalue weighted by atomic mass is 10.2. The Labute approximate surface area is 134 Å². The minimum atomic E-state index is -0.211. The van der Waals surface area contributed by atoms with E-state index >= 15 is 0 Å². The topological polar surface area (TPSA) is 68.0 Å². The van der Waals surface area contributed by atoms with Crippen molar-refractivity contribution >= 4 is 54.6 Å². The molecule has 2 heterocycles. The molecule has 0 radical (unpaired) electrons. The van der Waals surface area contributed by atoms with E-state index < -0.39 is 0 Å². The van der Waals surface area contributed by atoms with E-state index in [-0.39, 0.29) is 5.91 Å².